The molecule has 0 spiro atoms. The number of sulfonamides is 1. The maximum Gasteiger partial charge on any atom is 0.266 e. The molecule has 0 radical (unpaired) electrons. The standard InChI is InChI=1S/C21H33NO4SSi/c1-8-9-17-14-20(23)22(19(17)15-26-28(6,7)21(3,4)5)27(24,25)18-12-10-16(2)11-13-18/h8,10-13,17,19H,1,9,14-15H2,2-7H3/t17-,19+/m0/s1. The lowest BCUT2D eigenvalue weighted by Crippen LogP contribution is -2.48. The van der Waals surface area contributed by atoms with Crippen molar-refractivity contribution in [2.24, 2.45) is 5.92 Å². The van der Waals surface area contributed by atoms with Crippen molar-refractivity contribution < 1.29 is 17.6 Å². The van der Waals surface area contributed by atoms with Gasteiger partial charge in [0.05, 0.1) is 17.5 Å². The van der Waals surface area contributed by atoms with Crippen LogP contribution < -0.4 is 0 Å². The van der Waals surface area contributed by atoms with E-state index in [1.807, 2.05) is 6.92 Å². The number of hydrogen-bond donors (Lipinski definition) is 0. The second-order valence-electron chi connectivity index (χ2n) is 9.13. The Morgan fingerprint density at radius 1 is 1.25 bits per heavy atom. The van der Waals surface area contributed by atoms with E-state index >= 15 is 0 Å². The molecule has 1 aromatic carbocycles. The maximum atomic E-state index is 13.3. The van der Waals surface area contributed by atoms with E-state index in [1.165, 1.54) is 0 Å². The lowest BCUT2D eigenvalue weighted by Gasteiger charge is -2.38. The largest absolute Gasteiger partial charge is 0.415 e. The van der Waals surface area contributed by atoms with Gasteiger partial charge in [-0.1, -0.05) is 44.5 Å². The van der Waals surface area contributed by atoms with Gasteiger partial charge in [0, 0.05) is 6.42 Å². The number of amides is 1. The van der Waals surface area contributed by atoms with E-state index in [2.05, 4.69) is 40.4 Å². The number of carbonyl (C=O) groups is 1. The first-order valence-electron chi connectivity index (χ1n) is 9.70. The van der Waals surface area contributed by atoms with Gasteiger partial charge in [-0.15, -0.1) is 6.58 Å². The first-order valence-corrected chi connectivity index (χ1v) is 14.0. The summed E-state index contributed by atoms with van der Waals surface area (Å²) < 4.78 is 33.9. The molecular formula is C21H33NO4SSi. The first kappa shape index (κ1) is 22.8. The highest BCUT2D eigenvalue weighted by Crippen LogP contribution is 2.39. The molecule has 1 saturated heterocycles. The molecule has 1 fully saturated rings. The minimum atomic E-state index is -3.92. The van der Waals surface area contributed by atoms with Crippen LogP contribution >= 0.6 is 0 Å². The zero-order valence-electron chi connectivity index (χ0n) is 17.9. The monoisotopic (exact) mass is 423 g/mol. The van der Waals surface area contributed by atoms with Crippen molar-refractivity contribution in [1.82, 2.24) is 4.31 Å². The van der Waals surface area contributed by atoms with Gasteiger partial charge in [-0.3, -0.25) is 4.79 Å². The number of carbonyl (C=O) groups excluding carboxylic acids is 1. The topological polar surface area (TPSA) is 63.7 Å². The fourth-order valence-electron chi connectivity index (χ4n) is 3.13. The van der Waals surface area contributed by atoms with Crippen molar-refractivity contribution in [2.45, 2.75) is 69.6 Å². The van der Waals surface area contributed by atoms with Gasteiger partial charge in [0.15, 0.2) is 8.32 Å². The van der Waals surface area contributed by atoms with Crippen LogP contribution in [0.15, 0.2) is 41.8 Å². The summed E-state index contributed by atoms with van der Waals surface area (Å²) in [5.41, 5.74) is 0.967. The number of aryl methyl sites for hydroxylation is 1. The lowest BCUT2D eigenvalue weighted by molar-refractivity contribution is -0.124. The molecule has 5 nitrogen and oxygen atoms in total. The summed E-state index contributed by atoms with van der Waals surface area (Å²) in [5.74, 6) is -0.480. The average molecular weight is 424 g/mol. The summed E-state index contributed by atoms with van der Waals surface area (Å²) >= 11 is 0. The molecule has 0 bridgehead atoms. The molecule has 1 amide bonds. The Balaban J connectivity index is 2.38. The summed E-state index contributed by atoms with van der Waals surface area (Å²) in [6.45, 7) is 16.6. The second kappa shape index (κ2) is 8.12. The molecule has 0 unspecified atom stereocenters. The Labute approximate surface area is 171 Å². The Bertz CT molecular complexity index is 825. The van der Waals surface area contributed by atoms with Crippen molar-refractivity contribution in [1.29, 1.82) is 0 Å². The molecule has 1 heterocycles. The Morgan fingerprint density at radius 3 is 2.32 bits per heavy atom. The predicted molar refractivity (Wildman–Crippen MR) is 115 cm³/mol. The molecule has 28 heavy (non-hydrogen) atoms. The number of nitrogens with zero attached hydrogens (tertiary/aromatic N) is 1. The molecule has 2 atom stereocenters. The van der Waals surface area contributed by atoms with Gasteiger partial charge in [-0.25, -0.2) is 12.7 Å². The van der Waals surface area contributed by atoms with Crippen LogP contribution in [0.25, 0.3) is 0 Å². The summed E-state index contributed by atoms with van der Waals surface area (Å²) in [4.78, 5) is 12.9. The van der Waals surface area contributed by atoms with E-state index in [1.54, 1.807) is 30.3 Å². The zero-order chi connectivity index (χ0) is 21.3. The van der Waals surface area contributed by atoms with Crippen molar-refractivity contribution in [3.8, 4) is 0 Å². The van der Waals surface area contributed by atoms with E-state index < -0.39 is 24.4 Å². The summed E-state index contributed by atoms with van der Waals surface area (Å²) in [7, 11) is -6.00. The Kier molecular flexibility index (Phi) is 6.63. The van der Waals surface area contributed by atoms with Crippen LogP contribution in [0.5, 0.6) is 0 Å². The van der Waals surface area contributed by atoms with E-state index in [0.29, 0.717) is 6.42 Å². The average Bonchev–Trinajstić information content (AvgIpc) is 2.89. The second-order valence-corrected chi connectivity index (χ2v) is 15.8. The SMILES string of the molecule is C=CC[C@H]1CC(=O)N(S(=O)(=O)c2ccc(C)cc2)[C@@H]1CO[Si](C)(C)C(C)(C)C. The molecule has 0 aromatic heterocycles. The first-order chi connectivity index (χ1) is 12.8. The molecule has 156 valence electrons. The lowest BCUT2D eigenvalue weighted by atomic mass is 9.97. The molecular weight excluding hydrogens is 390 g/mol. The van der Waals surface area contributed by atoms with Crippen LogP contribution in [-0.4, -0.2) is 39.6 Å². The predicted octanol–water partition coefficient (Wildman–Crippen LogP) is 4.50. The minimum absolute atomic E-state index is 0.00418. The summed E-state index contributed by atoms with van der Waals surface area (Å²) in [6.07, 6.45) is 2.53. The maximum absolute atomic E-state index is 13.3. The normalized spacial score (nSPS) is 21.2. The van der Waals surface area contributed by atoms with Crippen molar-refractivity contribution in [3.63, 3.8) is 0 Å². The highest BCUT2D eigenvalue weighted by molar-refractivity contribution is 7.89. The van der Waals surface area contributed by atoms with E-state index in [4.69, 9.17) is 4.43 Å². The van der Waals surface area contributed by atoms with Crippen LogP contribution in [0.3, 0.4) is 0 Å². The molecule has 1 aliphatic heterocycles. The number of benzene rings is 1. The minimum Gasteiger partial charge on any atom is -0.415 e. The van der Waals surface area contributed by atoms with E-state index in [-0.39, 0.29) is 34.8 Å². The van der Waals surface area contributed by atoms with Crippen LogP contribution in [-0.2, 0) is 19.2 Å². The number of hydrogen-bond acceptors (Lipinski definition) is 4. The third-order valence-electron chi connectivity index (χ3n) is 6.00. The van der Waals surface area contributed by atoms with Crippen LogP contribution in [0.4, 0.5) is 0 Å². The van der Waals surface area contributed by atoms with Crippen LogP contribution in [0.1, 0.15) is 39.2 Å². The van der Waals surface area contributed by atoms with Gasteiger partial charge in [0.2, 0.25) is 5.91 Å². The molecule has 0 aliphatic carbocycles. The van der Waals surface area contributed by atoms with Crippen molar-refractivity contribution in [3.05, 3.63) is 42.5 Å². The molecule has 7 heteroatoms. The van der Waals surface area contributed by atoms with Gasteiger partial charge in [-0.2, -0.15) is 0 Å². The summed E-state index contributed by atoms with van der Waals surface area (Å²) in [6, 6.07) is 6.10. The third-order valence-corrected chi connectivity index (χ3v) is 12.4. The Hall–Kier alpha value is -1.44. The molecule has 0 saturated carbocycles. The van der Waals surface area contributed by atoms with Crippen molar-refractivity contribution in [2.75, 3.05) is 6.61 Å². The van der Waals surface area contributed by atoms with Gasteiger partial charge in [0.1, 0.15) is 0 Å². The molecule has 0 N–H and O–H groups in total. The smallest absolute Gasteiger partial charge is 0.266 e. The highest BCUT2D eigenvalue weighted by Gasteiger charge is 2.47. The quantitative estimate of drug-likeness (QED) is 0.478. The van der Waals surface area contributed by atoms with Gasteiger partial charge in [-0.05, 0) is 49.5 Å². The van der Waals surface area contributed by atoms with Gasteiger partial charge < -0.3 is 4.43 Å². The van der Waals surface area contributed by atoms with Crippen LogP contribution in [0, 0.1) is 12.8 Å². The fraction of sp³-hybridized carbons (Fsp3) is 0.571. The zero-order valence-corrected chi connectivity index (χ0v) is 19.7. The van der Waals surface area contributed by atoms with E-state index in [9.17, 15) is 13.2 Å². The summed E-state index contributed by atoms with van der Waals surface area (Å²) in [5, 5.41) is 0.00418. The molecule has 2 rings (SSSR count). The van der Waals surface area contributed by atoms with E-state index in [0.717, 1.165) is 9.87 Å². The Morgan fingerprint density at radius 2 is 1.82 bits per heavy atom. The third kappa shape index (κ3) is 4.58. The fourth-order valence-corrected chi connectivity index (χ4v) is 5.79. The van der Waals surface area contributed by atoms with Gasteiger partial charge in [0.25, 0.3) is 10.0 Å². The number of allylic oxidation sites excluding steroid dienone is 1. The number of rotatable bonds is 7. The molecule has 1 aromatic rings. The van der Waals surface area contributed by atoms with Gasteiger partial charge >= 0.3 is 0 Å². The van der Waals surface area contributed by atoms with Crippen LogP contribution in [0.2, 0.25) is 18.1 Å². The van der Waals surface area contributed by atoms with Crippen molar-refractivity contribution >= 4 is 24.2 Å². The highest BCUT2D eigenvalue weighted by atomic mass is 32.2. The molecule has 1 aliphatic rings.